The molecule has 2 amide bonds. The third kappa shape index (κ3) is 2.04. The lowest BCUT2D eigenvalue weighted by Crippen LogP contribution is -2.64. The second-order valence-corrected chi connectivity index (χ2v) is 7.27. The average Bonchev–Trinajstić information content (AvgIpc) is 1.93. The monoisotopic (exact) mass is 224 g/mol. The van der Waals surface area contributed by atoms with Crippen LogP contribution in [-0.2, 0) is 0 Å². The summed E-state index contributed by atoms with van der Waals surface area (Å²) < 4.78 is 0. The first kappa shape index (κ1) is 11.7. The number of amides is 2. The van der Waals surface area contributed by atoms with Crippen LogP contribution in [0.4, 0.5) is 4.79 Å². The molecule has 0 unspecified atom stereocenters. The molecule has 0 aromatic carbocycles. The predicted molar refractivity (Wildman–Crippen MR) is 65.3 cm³/mol. The van der Waals surface area contributed by atoms with Crippen LogP contribution in [0.5, 0.6) is 0 Å². The first-order valence-corrected chi connectivity index (χ1v) is 6.23. The molecule has 0 spiro atoms. The molecule has 3 nitrogen and oxygen atoms in total. The van der Waals surface area contributed by atoms with Crippen molar-refractivity contribution in [1.82, 2.24) is 9.80 Å². The minimum absolute atomic E-state index is 0.250. The number of nitrogens with zero attached hydrogens (tertiary/aromatic N) is 2. The lowest BCUT2D eigenvalue weighted by atomic mass is 9.76. The maximum atomic E-state index is 12.0. The molecule has 0 N–H and O–H groups in total. The highest BCUT2D eigenvalue weighted by Crippen LogP contribution is 2.36. The molecule has 2 heterocycles. The topological polar surface area (TPSA) is 23.6 Å². The maximum absolute atomic E-state index is 12.0. The summed E-state index contributed by atoms with van der Waals surface area (Å²) in [6.07, 6.45) is 0. The molecule has 0 aromatic rings. The quantitative estimate of drug-likeness (QED) is 0.620. The van der Waals surface area contributed by atoms with E-state index in [1.54, 1.807) is 0 Å². The molecular weight excluding hydrogens is 200 g/mol. The third-order valence-corrected chi connectivity index (χ3v) is 3.89. The lowest BCUT2D eigenvalue weighted by molar-refractivity contribution is -0.00150. The van der Waals surface area contributed by atoms with Gasteiger partial charge in [0.25, 0.3) is 0 Å². The van der Waals surface area contributed by atoms with Crippen molar-refractivity contribution in [3.63, 3.8) is 0 Å². The van der Waals surface area contributed by atoms with Gasteiger partial charge in [-0.25, -0.2) is 4.79 Å². The zero-order valence-electron chi connectivity index (χ0n) is 11.2. The van der Waals surface area contributed by atoms with Crippen molar-refractivity contribution in [2.45, 2.75) is 34.6 Å². The van der Waals surface area contributed by atoms with E-state index in [1.807, 2.05) is 9.80 Å². The van der Waals surface area contributed by atoms with E-state index in [4.69, 9.17) is 0 Å². The Morgan fingerprint density at radius 1 is 1.12 bits per heavy atom. The first-order valence-electron chi connectivity index (χ1n) is 6.23. The lowest BCUT2D eigenvalue weighted by Gasteiger charge is -2.52. The van der Waals surface area contributed by atoms with Crippen LogP contribution < -0.4 is 0 Å². The Kier molecular flexibility index (Phi) is 2.48. The molecule has 16 heavy (non-hydrogen) atoms. The second-order valence-electron chi connectivity index (χ2n) is 7.27. The number of carbonyl (C=O) groups excluding carboxylic acids is 1. The largest absolute Gasteiger partial charge is 0.324 e. The Labute approximate surface area is 98.8 Å². The van der Waals surface area contributed by atoms with Crippen molar-refractivity contribution >= 4 is 6.03 Å². The Morgan fingerprint density at radius 3 is 2.00 bits per heavy atom. The molecule has 2 fully saturated rings. The number of rotatable bonds is 0. The van der Waals surface area contributed by atoms with Gasteiger partial charge >= 0.3 is 6.03 Å². The number of hydrogen-bond acceptors (Lipinski definition) is 1. The van der Waals surface area contributed by atoms with E-state index in [-0.39, 0.29) is 6.03 Å². The highest BCUT2D eigenvalue weighted by Gasteiger charge is 2.44. The van der Waals surface area contributed by atoms with Crippen molar-refractivity contribution in [3.8, 4) is 0 Å². The van der Waals surface area contributed by atoms with Gasteiger partial charge in [0.05, 0.1) is 0 Å². The molecule has 2 aliphatic heterocycles. The number of likely N-dealkylation sites (tertiary alicyclic amines) is 2. The minimum Gasteiger partial charge on any atom is -0.324 e. The summed E-state index contributed by atoms with van der Waals surface area (Å²) in [5.41, 5.74) is 0.676. The van der Waals surface area contributed by atoms with Crippen LogP contribution in [0.15, 0.2) is 0 Å². The smallest absolute Gasteiger partial charge is 0.320 e. The second kappa shape index (κ2) is 3.38. The van der Waals surface area contributed by atoms with Gasteiger partial charge in [-0.05, 0) is 11.3 Å². The molecule has 92 valence electrons. The van der Waals surface area contributed by atoms with Gasteiger partial charge in [0.1, 0.15) is 0 Å². The molecule has 2 saturated heterocycles. The van der Waals surface area contributed by atoms with Crippen molar-refractivity contribution < 1.29 is 4.79 Å². The molecule has 0 saturated carbocycles. The van der Waals surface area contributed by atoms with Crippen LogP contribution in [0.2, 0.25) is 0 Å². The van der Waals surface area contributed by atoms with Crippen LogP contribution in [-0.4, -0.2) is 42.0 Å². The first-order chi connectivity index (χ1) is 7.19. The molecule has 0 aromatic heterocycles. The molecule has 2 aliphatic rings. The highest BCUT2D eigenvalue weighted by molar-refractivity contribution is 5.76. The fourth-order valence-electron chi connectivity index (χ4n) is 2.50. The zero-order valence-corrected chi connectivity index (χ0v) is 11.2. The molecule has 2 rings (SSSR count). The van der Waals surface area contributed by atoms with E-state index >= 15 is 0 Å². The summed E-state index contributed by atoms with van der Waals surface area (Å²) in [5.74, 6) is 0.672. The highest BCUT2D eigenvalue weighted by atomic mass is 16.2. The van der Waals surface area contributed by atoms with E-state index in [0.29, 0.717) is 16.7 Å². The molecule has 3 heteroatoms. The van der Waals surface area contributed by atoms with Gasteiger partial charge in [0.15, 0.2) is 0 Å². The molecule has 0 atom stereocenters. The molecule has 0 bridgehead atoms. The molecule has 0 radical (unpaired) electrons. The average molecular weight is 224 g/mol. The Hall–Kier alpha value is -0.730. The molecule has 0 aliphatic carbocycles. The summed E-state index contributed by atoms with van der Waals surface area (Å²) in [7, 11) is 0. The van der Waals surface area contributed by atoms with Gasteiger partial charge in [-0.2, -0.15) is 0 Å². The van der Waals surface area contributed by atoms with Crippen molar-refractivity contribution in [3.05, 3.63) is 0 Å². The van der Waals surface area contributed by atoms with Gasteiger partial charge in [-0.15, -0.1) is 0 Å². The van der Waals surface area contributed by atoms with E-state index < -0.39 is 0 Å². The summed E-state index contributed by atoms with van der Waals surface area (Å²) in [4.78, 5) is 16.0. The van der Waals surface area contributed by atoms with E-state index in [0.717, 1.165) is 26.2 Å². The standard InChI is InChI=1S/C13H24N2O/c1-12(2,3)10-6-14(7-10)11(16)15-8-13(4,5)9-15/h10H,6-9H2,1-5H3. The van der Waals surface area contributed by atoms with Crippen LogP contribution in [0.25, 0.3) is 0 Å². The Bertz CT molecular complexity index is 290. The summed E-state index contributed by atoms with van der Waals surface area (Å²) in [5, 5.41) is 0. The van der Waals surface area contributed by atoms with Crippen molar-refractivity contribution in [2.24, 2.45) is 16.7 Å². The van der Waals surface area contributed by atoms with E-state index in [2.05, 4.69) is 34.6 Å². The van der Waals surface area contributed by atoms with Gasteiger partial charge in [-0.1, -0.05) is 34.6 Å². The number of hydrogen-bond donors (Lipinski definition) is 0. The van der Waals surface area contributed by atoms with Crippen molar-refractivity contribution in [1.29, 1.82) is 0 Å². The van der Waals surface area contributed by atoms with E-state index in [9.17, 15) is 4.79 Å². The zero-order chi connectivity index (χ0) is 12.1. The predicted octanol–water partition coefficient (Wildman–Crippen LogP) is 2.43. The van der Waals surface area contributed by atoms with Gasteiger partial charge in [-0.3, -0.25) is 0 Å². The van der Waals surface area contributed by atoms with Crippen LogP contribution in [0.1, 0.15) is 34.6 Å². The minimum atomic E-state index is 0.250. The summed E-state index contributed by atoms with van der Waals surface area (Å²) >= 11 is 0. The van der Waals surface area contributed by atoms with E-state index in [1.165, 1.54) is 0 Å². The SMILES string of the molecule is CC1(C)CN(C(=O)N2CC(C(C)(C)C)C2)C1. The Morgan fingerprint density at radius 2 is 1.62 bits per heavy atom. The maximum Gasteiger partial charge on any atom is 0.320 e. The van der Waals surface area contributed by atoms with Gasteiger partial charge in [0.2, 0.25) is 0 Å². The fraction of sp³-hybridized carbons (Fsp3) is 0.923. The van der Waals surface area contributed by atoms with Gasteiger partial charge in [0, 0.05) is 31.6 Å². The van der Waals surface area contributed by atoms with Crippen molar-refractivity contribution in [2.75, 3.05) is 26.2 Å². The summed E-state index contributed by atoms with van der Waals surface area (Å²) in [6, 6.07) is 0.250. The summed E-state index contributed by atoms with van der Waals surface area (Å²) in [6.45, 7) is 14.9. The fourth-order valence-corrected chi connectivity index (χ4v) is 2.50. The van der Waals surface area contributed by atoms with Crippen LogP contribution in [0, 0.1) is 16.7 Å². The van der Waals surface area contributed by atoms with Gasteiger partial charge < -0.3 is 9.80 Å². The third-order valence-electron chi connectivity index (χ3n) is 3.89. The van der Waals surface area contributed by atoms with Crippen LogP contribution >= 0.6 is 0 Å². The van der Waals surface area contributed by atoms with Crippen LogP contribution in [0.3, 0.4) is 0 Å². The number of carbonyl (C=O) groups is 1. The molecular formula is C13H24N2O. The number of urea groups is 1. The Balaban J connectivity index is 1.79. The normalized spacial score (nSPS) is 25.1.